The number of fused-ring (bicyclic) bond motifs is 1. The molecule has 0 spiro atoms. The molecule has 0 bridgehead atoms. The Bertz CT molecular complexity index is 736. The molecule has 0 aliphatic carbocycles. The second kappa shape index (κ2) is 5.55. The van der Waals surface area contributed by atoms with E-state index in [1.807, 2.05) is 25.1 Å². The van der Waals surface area contributed by atoms with Crippen LogP contribution in [0.5, 0.6) is 0 Å². The summed E-state index contributed by atoms with van der Waals surface area (Å²) in [4.78, 5) is 27.5. The maximum atomic E-state index is 12.1. The largest absolute Gasteiger partial charge is 0.300 e. The molecule has 0 fully saturated rings. The Morgan fingerprint density at radius 3 is 2.68 bits per heavy atom. The van der Waals surface area contributed by atoms with Crippen molar-refractivity contribution in [2.45, 2.75) is 6.54 Å². The number of benzene rings is 1. The van der Waals surface area contributed by atoms with Crippen molar-refractivity contribution in [3.63, 3.8) is 0 Å². The Morgan fingerprint density at radius 1 is 1.27 bits per heavy atom. The molecule has 114 valence electrons. The van der Waals surface area contributed by atoms with Crippen molar-refractivity contribution >= 4 is 29.0 Å². The highest BCUT2D eigenvalue weighted by Crippen LogP contribution is 2.28. The summed E-state index contributed by atoms with van der Waals surface area (Å²) in [5.74, 6) is -0.952. The predicted octanol–water partition coefficient (Wildman–Crippen LogP) is 1.69. The van der Waals surface area contributed by atoms with E-state index in [0.717, 1.165) is 5.69 Å². The number of hydrogen-bond acceptors (Lipinski definition) is 4. The Kier molecular flexibility index (Phi) is 3.72. The summed E-state index contributed by atoms with van der Waals surface area (Å²) in [6.07, 6.45) is 1.59. The van der Waals surface area contributed by atoms with E-state index in [1.165, 1.54) is 4.90 Å². The Labute approximate surface area is 132 Å². The number of halogens is 1. The summed E-state index contributed by atoms with van der Waals surface area (Å²) < 4.78 is 1.70. The van der Waals surface area contributed by atoms with Gasteiger partial charge in [0.05, 0.1) is 34.8 Å². The van der Waals surface area contributed by atoms with Crippen molar-refractivity contribution in [1.29, 1.82) is 0 Å². The molecule has 2 heterocycles. The molecule has 1 aliphatic heterocycles. The fraction of sp³-hybridized carbons (Fsp3) is 0.267. The first kappa shape index (κ1) is 14.7. The van der Waals surface area contributed by atoms with Gasteiger partial charge in [-0.05, 0) is 19.2 Å². The lowest BCUT2D eigenvalue weighted by Gasteiger charge is -2.24. The SMILES string of the molecule is CN(Cc1c(Cl)cnn1C)CN1C(=O)C(=O)c2ccccc21. The summed E-state index contributed by atoms with van der Waals surface area (Å²) in [7, 11) is 3.68. The van der Waals surface area contributed by atoms with Crippen LogP contribution in [0.1, 0.15) is 16.1 Å². The smallest absolute Gasteiger partial charge is 0.291 e. The van der Waals surface area contributed by atoms with E-state index in [9.17, 15) is 9.59 Å². The quantitative estimate of drug-likeness (QED) is 0.805. The third kappa shape index (κ3) is 2.40. The molecule has 1 amide bonds. The highest BCUT2D eigenvalue weighted by molar-refractivity contribution is 6.52. The normalized spacial score (nSPS) is 14.1. The Hall–Kier alpha value is -2.18. The summed E-state index contributed by atoms with van der Waals surface area (Å²) in [6, 6.07) is 7.03. The van der Waals surface area contributed by atoms with Crippen LogP contribution in [0.25, 0.3) is 0 Å². The van der Waals surface area contributed by atoms with Gasteiger partial charge in [0.2, 0.25) is 0 Å². The highest BCUT2D eigenvalue weighted by Gasteiger charge is 2.35. The molecule has 1 aliphatic rings. The standard InChI is InChI=1S/C15H15ClN4O2/c1-18(8-13-11(16)7-17-19(13)2)9-20-12-6-4-3-5-10(12)14(21)15(20)22/h3-7H,8-9H2,1-2H3. The van der Waals surface area contributed by atoms with Gasteiger partial charge in [0, 0.05) is 13.6 Å². The highest BCUT2D eigenvalue weighted by atomic mass is 35.5. The minimum Gasteiger partial charge on any atom is -0.291 e. The first-order chi connectivity index (χ1) is 10.5. The van der Waals surface area contributed by atoms with Crippen molar-refractivity contribution in [3.8, 4) is 0 Å². The lowest BCUT2D eigenvalue weighted by Crippen LogP contribution is -2.39. The third-order valence-electron chi connectivity index (χ3n) is 3.69. The molecule has 1 aromatic heterocycles. The summed E-state index contributed by atoms with van der Waals surface area (Å²) in [6.45, 7) is 0.832. The van der Waals surface area contributed by atoms with Crippen LogP contribution in [0.2, 0.25) is 5.02 Å². The van der Waals surface area contributed by atoms with E-state index in [1.54, 1.807) is 29.1 Å². The van der Waals surface area contributed by atoms with Crippen LogP contribution >= 0.6 is 11.6 Å². The molecule has 0 saturated carbocycles. The van der Waals surface area contributed by atoms with Gasteiger partial charge in [-0.3, -0.25) is 24.1 Å². The van der Waals surface area contributed by atoms with Crippen molar-refractivity contribution in [2.75, 3.05) is 18.6 Å². The zero-order valence-electron chi connectivity index (χ0n) is 12.3. The van der Waals surface area contributed by atoms with Gasteiger partial charge in [0.1, 0.15) is 0 Å². The maximum Gasteiger partial charge on any atom is 0.300 e. The number of amides is 1. The van der Waals surface area contributed by atoms with Crippen LogP contribution in [-0.4, -0.2) is 40.1 Å². The minimum absolute atomic E-state index is 0.309. The number of rotatable bonds is 4. The van der Waals surface area contributed by atoms with Crippen molar-refractivity contribution in [1.82, 2.24) is 14.7 Å². The monoisotopic (exact) mass is 318 g/mol. The van der Waals surface area contributed by atoms with Crippen LogP contribution in [0.4, 0.5) is 5.69 Å². The molecule has 0 unspecified atom stereocenters. The van der Waals surface area contributed by atoms with Gasteiger partial charge in [-0.2, -0.15) is 5.10 Å². The summed E-state index contributed by atoms with van der Waals surface area (Å²) >= 11 is 6.09. The summed E-state index contributed by atoms with van der Waals surface area (Å²) in [5.41, 5.74) is 1.97. The lowest BCUT2D eigenvalue weighted by molar-refractivity contribution is -0.114. The number of aryl methyl sites for hydroxylation is 1. The molecule has 2 aromatic rings. The number of aromatic nitrogens is 2. The van der Waals surface area contributed by atoms with Crippen LogP contribution in [0.15, 0.2) is 30.5 Å². The van der Waals surface area contributed by atoms with Crippen LogP contribution in [0.3, 0.4) is 0 Å². The zero-order valence-corrected chi connectivity index (χ0v) is 13.0. The fourth-order valence-electron chi connectivity index (χ4n) is 2.55. The van der Waals surface area contributed by atoms with E-state index in [0.29, 0.717) is 29.5 Å². The molecule has 0 saturated heterocycles. The van der Waals surface area contributed by atoms with E-state index < -0.39 is 11.7 Å². The van der Waals surface area contributed by atoms with Crippen LogP contribution in [0, 0.1) is 0 Å². The van der Waals surface area contributed by atoms with Crippen LogP contribution in [-0.2, 0) is 18.4 Å². The molecule has 0 N–H and O–H groups in total. The fourth-order valence-corrected chi connectivity index (χ4v) is 2.78. The molecule has 6 nitrogen and oxygen atoms in total. The molecule has 7 heteroatoms. The molecular weight excluding hydrogens is 304 g/mol. The van der Waals surface area contributed by atoms with Gasteiger partial charge in [0.25, 0.3) is 5.78 Å². The molecular formula is C15H15ClN4O2. The minimum atomic E-state index is -0.496. The number of Topliss-reactive ketones (excluding diaryl/α,β-unsaturated/α-hetero) is 1. The number of ketones is 1. The number of anilines is 1. The van der Waals surface area contributed by atoms with Gasteiger partial charge in [-0.1, -0.05) is 23.7 Å². The van der Waals surface area contributed by atoms with E-state index in [4.69, 9.17) is 11.6 Å². The van der Waals surface area contributed by atoms with Gasteiger partial charge in [-0.15, -0.1) is 0 Å². The second-order valence-corrected chi connectivity index (χ2v) is 5.71. The van der Waals surface area contributed by atoms with Crippen molar-refractivity contribution < 1.29 is 9.59 Å². The van der Waals surface area contributed by atoms with E-state index >= 15 is 0 Å². The number of carbonyl (C=O) groups excluding carboxylic acids is 2. The molecule has 0 atom stereocenters. The maximum absolute atomic E-state index is 12.1. The number of nitrogens with zero attached hydrogens (tertiary/aromatic N) is 4. The topological polar surface area (TPSA) is 58.4 Å². The van der Waals surface area contributed by atoms with E-state index in [-0.39, 0.29) is 0 Å². The average molecular weight is 319 g/mol. The Balaban J connectivity index is 1.79. The van der Waals surface area contributed by atoms with Crippen LogP contribution < -0.4 is 4.90 Å². The van der Waals surface area contributed by atoms with Crippen molar-refractivity contribution in [2.24, 2.45) is 7.05 Å². The number of para-hydroxylation sites is 1. The van der Waals surface area contributed by atoms with Gasteiger partial charge >= 0.3 is 5.91 Å². The van der Waals surface area contributed by atoms with Crippen molar-refractivity contribution in [3.05, 3.63) is 46.7 Å². The lowest BCUT2D eigenvalue weighted by atomic mass is 10.1. The molecule has 0 radical (unpaired) electrons. The zero-order chi connectivity index (χ0) is 15.9. The first-order valence-corrected chi connectivity index (χ1v) is 7.17. The number of carbonyl (C=O) groups is 2. The Morgan fingerprint density at radius 2 is 2.00 bits per heavy atom. The molecule has 22 heavy (non-hydrogen) atoms. The predicted molar refractivity (Wildman–Crippen MR) is 82.8 cm³/mol. The molecule has 3 rings (SSSR count). The second-order valence-electron chi connectivity index (χ2n) is 5.30. The van der Waals surface area contributed by atoms with Gasteiger partial charge in [0.15, 0.2) is 0 Å². The average Bonchev–Trinajstić information content (AvgIpc) is 2.94. The summed E-state index contributed by atoms with van der Waals surface area (Å²) in [5, 5.41) is 4.67. The first-order valence-electron chi connectivity index (χ1n) is 6.79. The van der Waals surface area contributed by atoms with E-state index in [2.05, 4.69) is 5.10 Å². The number of hydrogen-bond donors (Lipinski definition) is 0. The van der Waals surface area contributed by atoms with Gasteiger partial charge < -0.3 is 0 Å². The molecule has 1 aromatic carbocycles. The third-order valence-corrected chi connectivity index (χ3v) is 4.01. The van der Waals surface area contributed by atoms with Gasteiger partial charge in [-0.25, -0.2) is 0 Å².